The number of benzene rings is 1. The van der Waals surface area contributed by atoms with Crippen LogP contribution in [0.15, 0.2) is 24.3 Å². The number of halogens is 2. The minimum Gasteiger partial charge on any atom is -0.372 e. The third-order valence-electron chi connectivity index (χ3n) is 4.50. The van der Waals surface area contributed by atoms with Crippen LogP contribution in [0.3, 0.4) is 0 Å². The highest BCUT2D eigenvalue weighted by Crippen LogP contribution is 2.26. The van der Waals surface area contributed by atoms with E-state index in [-0.39, 0.29) is 30.7 Å². The molecule has 24 heavy (non-hydrogen) atoms. The van der Waals surface area contributed by atoms with E-state index >= 15 is 0 Å². The summed E-state index contributed by atoms with van der Waals surface area (Å²) in [5.41, 5.74) is 1.18. The Morgan fingerprint density at radius 3 is 2.46 bits per heavy atom. The van der Waals surface area contributed by atoms with Crippen LogP contribution in [0.1, 0.15) is 26.7 Å². The second-order valence-electron chi connectivity index (χ2n) is 6.16. The van der Waals surface area contributed by atoms with Crippen LogP contribution in [-0.4, -0.2) is 44.8 Å². The molecule has 1 aliphatic heterocycles. The number of hydrogen-bond acceptors (Lipinski definition) is 4. The highest BCUT2D eigenvalue weighted by Gasteiger charge is 2.39. The number of nitrogens with zero attached hydrogens (tertiary/aromatic N) is 1. The zero-order chi connectivity index (χ0) is 16.2. The van der Waals surface area contributed by atoms with Crippen LogP contribution in [0.4, 0.5) is 11.4 Å². The summed E-state index contributed by atoms with van der Waals surface area (Å²) in [6.07, 6.45) is 1.39. The lowest BCUT2D eigenvalue weighted by atomic mass is 9.91. The molecule has 0 atom stereocenters. The highest BCUT2D eigenvalue weighted by atomic mass is 35.5. The van der Waals surface area contributed by atoms with Crippen LogP contribution in [0, 0.1) is 0 Å². The van der Waals surface area contributed by atoms with Crippen molar-refractivity contribution in [3.63, 3.8) is 0 Å². The number of piperidine rings is 1. The molecular formula is C17H29Cl2N3O2. The normalized spacial score (nSPS) is 15.9. The molecule has 1 aliphatic rings. The SMILES string of the molecule is COC1(C(=O)Nc2cccc(N(C)C(C)C)c2)CCNCC1.Cl.Cl. The van der Waals surface area contributed by atoms with Gasteiger partial charge in [-0.3, -0.25) is 4.79 Å². The molecule has 0 aromatic heterocycles. The lowest BCUT2D eigenvalue weighted by Crippen LogP contribution is -2.51. The van der Waals surface area contributed by atoms with Gasteiger partial charge in [-0.05, 0) is 58.0 Å². The van der Waals surface area contributed by atoms with Gasteiger partial charge in [-0.15, -0.1) is 24.8 Å². The monoisotopic (exact) mass is 377 g/mol. The van der Waals surface area contributed by atoms with Crippen LogP contribution >= 0.6 is 24.8 Å². The number of carbonyl (C=O) groups excluding carboxylic acids is 1. The molecule has 1 amide bonds. The third-order valence-corrected chi connectivity index (χ3v) is 4.50. The van der Waals surface area contributed by atoms with Gasteiger partial charge in [0.15, 0.2) is 0 Å². The molecule has 0 radical (unpaired) electrons. The molecular weight excluding hydrogens is 349 g/mol. The van der Waals surface area contributed by atoms with Crippen LogP contribution in [0.5, 0.6) is 0 Å². The van der Waals surface area contributed by atoms with Crippen LogP contribution < -0.4 is 15.5 Å². The van der Waals surface area contributed by atoms with Gasteiger partial charge >= 0.3 is 0 Å². The molecule has 1 aromatic rings. The largest absolute Gasteiger partial charge is 0.372 e. The quantitative estimate of drug-likeness (QED) is 0.827. The first-order chi connectivity index (χ1) is 10.5. The first kappa shape index (κ1) is 23.0. The lowest BCUT2D eigenvalue weighted by Gasteiger charge is -2.34. The maximum atomic E-state index is 12.7. The average Bonchev–Trinajstić information content (AvgIpc) is 2.54. The Morgan fingerprint density at radius 1 is 1.29 bits per heavy atom. The van der Waals surface area contributed by atoms with E-state index in [1.165, 1.54) is 0 Å². The van der Waals surface area contributed by atoms with E-state index in [9.17, 15) is 4.79 Å². The molecule has 1 heterocycles. The third kappa shape index (κ3) is 5.24. The van der Waals surface area contributed by atoms with E-state index in [4.69, 9.17) is 4.74 Å². The maximum Gasteiger partial charge on any atom is 0.256 e. The summed E-state index contributed by atoms with van der Waals surface area (Å²) in [5, 5.41) is 6.28. The maximum absolute atomic E-state index is 12.7. The molecule has 2 rings (SSSR count). The lowest BCUT2D eigenvalue weighted by molar-refractivity contribution is -0.140. The van der Waals surface area contributed by atoms with Crippen molar-refractivity contribution in [2.45, 2.75) is 38.3 Å². The van der Waals surface area contributed by atoms with Crippen molar-refractivity contribution in [3.8, 4) is 0 Å². The number of ether oxygens (including phenoxy) is 1. The minimum atomic E-state index is -0.717. The topological polar surface area (TPSA) is 53.6 Å². The Labute approximate surface area is 157 Å². The first-order valence-corrected chi connectivity index (χ1v) is 7.89. The summed E-state index contributed by atoms with van der Waals surface area (Å²) in [6.45, 7) is 5.88. The highest BCUT2D eigenvalue weighted by molar-refractivity contribution is 5.97. The van der Waals surface area contributed by atoms with Gasteiger partial charge in [0, 0.05) is 31.6 Å². The predicted molar refractivity (Wildman–Crippen MR) is 105 cm³/mol. The van der Waals surface area contributed by atoms with Crippen LogP contribution in [0.25, 0.3) is 0 Å². The number of nitrogens with one attached hydrogen (secondary N) is 2. The standard InChI is InChI=1S/C17H27N3O2.2ClH/c1-13(2)20(3)15-7-5-6-14(12-15)19-16(21)17(22-4)8-10-18-11-9-17;;/h5-7,12-13,18H,8-11H2,1-4H3,(H,19,21);2*1H. The molecule has 7 heteroatoms. The van der Waals surface area contributed by atoms with Gasteiger partial charge in [-0.1, -0.05) is 6.07 Å². The predicted octanol–water partition coefficient (Wildman–Crippen LogP) is 3.08. The van der Waals surface area contributed by atoms with Gasteiger partial charge in [0.05, 0.1) is 0 Å². The Hall–Kier alpha value is -1.01. The van der Waals surface area contributed by atoms with E-state index < -0.39 is 5.60 Å². The molecule has 1 fully saturated rings. The molecule has 0 bridgehead atoms. The molecule has 0 spiro atoms. The van der Waals surface area contributed by atoms with E-state index in [2.05, 4.69) is 36.4 Å². The summed E-state index contributed by atoms with van der Waals surface area (Å²) in [4.78, 5) is 14.8. The second-order valence-corrected chi connectivity index (χ2v) is 6.16. The molecule has 0 unspecified atom stereocenters. The zero-order valence-corrected chi connectivity index (χ0v) is 16.4. The van der Waals surface area contributed by atoms with Crippen molar-refractivity contribution < 1.29 is 9.53 Å². The van der Waals surface area contributed by atoms with Crippen molar-refractivity contribution in [1.82, 2.24) is 5.32 Å². The molecule has 1 saturated heterocycles. The van der Waals surface area contributed by atoms with Gasteiger partial charge < -0.3 is 20.3 Å². The molecule has 2 N–H and O–H groups in total. The first-order valence-electron chi connectivity index (χ1n) is 7.89. The van der Waals surface area contributed by atoms with Gasteiger partial charge in [0.1, 0.15) is 5.60 Å². The van der Waals surface area contributed by atoms with Crippen LogP contribution in [-0.2, 0) is 9.53 Å². The van der Waals surface area contributed by atoms with Gasteiger partial charge in [0.25, 0.3) is 5.91 Å². The van der Waals surface area contributed by atoms with Crippen molar-refractivity contribution in [2.75, 3.05) is 37.5 Å². The summed E-state index contributed by atoms with van der Waals surface area (Å²) in [7, 11) is 3.67. The Kier molecular flexibility index (Phi) is 9.66. The van der Waals surface area contributed by atoms with E-state index in [0.717, 1.165) is 24.5 Å². The Morgan fingerprint density at radius 2 is 1.92 bits per heavy atom. The van der Waals surface area contributed by atoms with E-state index in [1.54, 1.807) is 7.11 Å². The van der Waals surface area contributed by atoms with Crippen molar-refractivity contribution >= 4 is 42.1 Å². The van der Waals surface area contributed by atoms with Crippen molar-refractivity contribution in [2.24, 2.45) is 0 Å². The van der Waals surface area contributed by atoms with E-state index in [1.807, 2.05) is 24.3 Å². The summed E-state index contributed by atoms with van der Waals surface area (Å²) < 4.78 is 5.57. The number of amides is 1. The summed E-state index contributed by atoms with van der Waals surface area (Å²) in [5.74, 6) is -0.0548. The Bertz CT molecular complexity index is 520. The molecule has 0 aliphatic carbocycles. The molecule has 1 aromatic carbocycles. The fraction of sp³-hybridized carbons (Fsp3) is 0.588. The molecule has 5 nitrogen and oxygen atoms in total. The number of carbonyl (C=O) groups is 1. The van der Waals surface area contributed by atoms with Crippen molar-refractivity contribution in [3.05, 3.63) is 24.3 Å². The summed E-state index contributed by atoms with van der Waals surface area (Å²) >= 11 is 0. The number of rotatable bonds is 5. The number of anilines is 2. The zero-order valence-electron chi connectivity index (χ0n) is 14.8. The smallest absolute Gasteiger partial charge is 0.256 e. The van der Waals surface area contributed by atoms with Gasteiger partial charge in [0.2, 0.25) is 0 Å². The average molecular weight is 378 g/mol. The second kappa shape index (κ2) is 10.1. The molecule has 138 valence electrons. The fourth-order valence-electron chi connectivity index (χ4n) is 2.70. The number of hydrogen-bond donors (Lipinski definition) is 2. The van der Waals surface area contributed by atoms with Crippen LogP contribution in [0.2, 0.25) is 0 Å². The minimum absolute atomic E-state index is 0. The molecule has 0 saturated carbocycles. The fourth-order valence-corrected chi connectivity index (χ4v) is 2.70. The Balaban J connectivity index is 0.00000264. The van der Waals surface area contributed by atoms with Crippen molar-refractivity contribution in [1.29, 1.82) is 0 Å². The number of methoxy groups -OCH3 is 1. The van der Waals surface area contributed by atoms with E-state index in [0.29, 0.717) is 18.9 Å². The summed E-state index contributed by atoms with van der Waals surface area (Å²) in [6, 6.07) is 8.33. The van der Waals surface area contributed by atoms with Gasteiger partial charge in [-0.2, -0.15) is 0 Å². The van der Waals surface area contributed by atoms with Gasteiger partial charge in [-0.25, -0.2) is 0 Å².